The summed E-state index contributed by atoms with van der Waals surface area (Å²) in [4.78, 5) is 0. The third-order valence-corrected chi connectivity index (χ3v) is 2.97. The van der Waals surface area contributed by atoms with Gasteiger partial charge in [0.25, 0.3) is 0 Å². The Morgan fingerprint density at radius 2 is 2.22 bits per heavy atom. The van der Waals surface area contributed by atoms with Crippen LogP contribution in [0.4, 0.5) is 4.39 Å². The van der Waals surface area contributed by atoms with Crippen LogP contribution >= 0.6 is 11.6 Å². The van der Waals surface area contributed by atoms with Crippen molar-refractivity contribution in [1.82, 2.24) is 15.5 Å². The van der Waals surface area contributed by atoms with Crippen LogP contribution in [0.3, 0.4) is 0 Å². The fraction of sp³-hybridized carbons (Fsp3) is 0.231. The number of rotatable bonds is 4. The van der Waals surface area contributed by atoms with Gasteiger partial charge in [0.1, 0.15) is 5.82 Å². The Hall–Kier alpha value is -1.52. The molecule has 2 aromatic rings. The first-order chi connectivity index (χ1) is 8.66. The fourth-order valence-electron chi connectivity index (χ4n) is 1.65. The van der Waals surface area contributed by atoms with Gasteiger partial charge in [0.05, 0.1) is 5.69 Å². The second kappa shape index (κ2) is 5.89. The van der Waals surface area contributed by atoms with Gasteiger partial charge in [0, 0.05) is 23.8 Å². The van der Waals surface area contributed by atoms with Crippen LogP contribution < -0.4 is 5.32 Å². The van der Waals surface area contributed by atoms with E-state index in [1.807, 2.05) is 19.1 Å². The van der Waals surface area contributed by atoms with Crippen molar-refractivity contribution in [2.45, 2.75) is 19.5 Å². The zero-order valence-corrected chi connectivity index (χ0v) is 10.7. The Balaban J connectivity index is 2.01. The smallest absolute Gasteiger partial charge is 0.124 e. The predicted octanol–water partition coefficient (Wildman–Crippen LogP) is 3.12. The van der Waals surface area contributed by atoms with E-state index in [9.17, 15) is 4.39 Å². The molecule has 1 heterocycles. The maximum absolute atomic E-state index is 12.9. The van der Waals surface area contributed by atoms with Crippen LogP contribution in [0.2, 0.25) is 5.02 Å². The van der Waals surface area contributed by atoms with Crippen molar-refractivity contribution in [3.63, 3.8) is 0 Å². The van der Waals surface area contributed by atoms with E-state index in [0.717, 1.165) is 11.3 Å². The quantitative estimate of drug-likeness (QED) is 0.923. The van der Waals surface area contributed by atoms with Gasteiger partial charge in [-0.1, -0.05) is 17.7 Å². The molecule has 1 aromatic carbocycles. The summed E-state index contributed by atoms with van der Waals surface area (Å²) in [5, 5.41) is 11.5. The maximum Gasteiger partial charge on any atom is 0.124 e. The Morgan fingerprint density at radius 1 is 1.39 bits per heavy atom. The van der Waals surface area contributed by atoms with Gasteiger partial charge in [-0.05, 0) is 36.8 Å². The molecule has 0 bridgehead atoms. The lowest BCUT2D eigenvalue weighted by Gasteiger charge is -2.15. The number of halogens is 2. The van der Waals surface area contributed by atoms with Crippen LogP contribution in [-0.4, -0.2) is 10.2 Å². The minimum Gasteiger partial charge on any atom is -0.304 e. The summed E-state index contributed by atoms with van der Waals surface area (Å²) in [6.07, 6.45) is 1.63. The predicted molar refractivity (Wildman–Crippen MR) is 68.7 cm³/mol. The van der Waals surface area contributed by atoms with Gasteiger partial charge in [-0.15, -0.1) is 0 Å². The lowest BCUT2D eigenvalue weighted by atomic mass is 10.1. The first-order valence-electron chi connectivity index (χ1n) is 5.61. The van der Waals surface area contributed by atoms with Gasteiger partial charge in [-0.2, -0.15) is 10.2 Å². The van der Waals surface area contributed by atoms with E-state index in [1.54, 1.807) is 12.3 Å². The van der Waals surface area contributed by atoms with Gasteiger partial charge in [0.15, 0.2) is 0 Å². The first kappa shape index (κ1) is 12.9. The van der Waals surface area contributed by atoms with E-state index in [0.29, 0.717) is 11.6 Å². The molecular weight excluding hydrogens is 253 g/mol. The molecule has 1 N–H and O–H groups in total. The molecule has 0 radical (unpaired) electrons. The van der Waals surface area contributed by atoms with Gasteiger partial charge in [-0.25, -0.2) is 4.39 Å². The van der Waals surface area contributed by atoms with Crippen molar-refractivity contribution in [3.8, 4) is 0 Å². The zero-order valence-electron chi connectivity index (χ0n) is 9.90. The van der Waals surface area contributed by atoms with Crippen LogP contribution in [0.15, 0.2) is 36.5 Å². The molecule has 5 heteroatoms. The molecule has 2 rings (SSSR count). The molecule has 3 nitrogen and oxygen atoms in total. The van der Waals surface area contributed by atoms with Crippen LogP contribution in [0.5, 0.6) is 0 Å². The number of aromatic nitrogens is 2. The van der Waals surface area contributed by atoms with Crippen molar-refractivity contribution in [3.05, 3.63) is 58.6 Å². The summed E-state index contributed by atoms with van der Waals surface area (Å²) in [5.74, 6) is -0.329. The lowest BCUT2D eigenvalue weighted by Crippen LogP contribution is -2.19. The molecule has 0 amide bonds. The molecule has 0 saturated carbocycles. The molecular formula is C13H13ClFN3. The largest absolute Gasteiger partial charge is 0.304 e. The molecule has 0 spiro atoms. The molecule has 0 aliphatic rings. The topological polar surface area (TPSA) is 37.8 Å². The molecule has 1 atom stereocenters. The van der Waals surface area contributed by atoms with Crippen molar-refractivity contribution in [1.29, 1.82) is 0 Å². The van der Waals surface area contributed by atoms with Crippen molar-refractivity contribution >= 4 is 11.6 Å². The standard InChI is InChI=1S/C13H13ClFN3/c1-9(12-5-4-10(15)7-13(12)14)16-8-11-3-2-6-17-18-11/h2-7,9,16H,8H2,1H3. The summed E-state index contributed by atoms with van der Waals surface area (Å²) in [7, 11) is 0. The maximum atomic E-state index is 12.9. The zero-order chi connectivity index (χ0) is 13.0. The molecule has 0 aliphatic heterocycles. The molecule has 18 heavy (non-hydrogen) atoms. The third-order valence-electron chi connectivity index (χ3n) is 2.65. The molecule has 1 aromatic heterocycles. The first-order valence-corrected chi connectivity index (χ1v) is 5.99. The Bertz CT molecular complexity index is 519. The summed E-state index contributed by atoms with van der Waals surface area (Å²) in [6.45, 7) is 2.55. The average Bonchev–Trinajstić information content (AvgIpc) is 2.37. The minimum absolute atomic E-state index is 0.0140. The Labute approximate surface area is 110 Å². The SMILES string of the molecule is CC(NCc1cccnn1)c1ccc(F)cc1Cl. The lowest BCUT2D eigenvalue weighted by molar-refractivity contribution is 0.561. The van der Waals surface area contributed by atoms with E-state index in [4.69, 9.17) is 11.6 Å². The van der Waals surface area contributed by atoms with Crippen LogP contribution in [0.1, 0.15) is 24.2 Å². The van der Waals surface area contributed by atoms with Gasteiger partial charge in [-0.3, -0.25) is 0 Å². The van der Waals surface area contributed by atoms with Crippen molar-refractivity contribution in [2.24, 2.45) is 0 Å². The average molecular weight is 266 g/mol. The summed E-state index contributed by atoms with van der Waals surface area (Å²) in [6, 6.07) is 8.14. The van der Waals surface area contributed by atoms with Crippen LogP contribution in [0, 0.1) is 5.82 Å². The number of hydrogen-bond acceptors (Lipinski definition) is 3. The second-order valence-electron chi connectivity index (χ2n) is 3.98. The van der Waals surface area contributed by atoms with E-state index in [-0.39, 0.29) is 11.9 Å². The Kier molecular flexibility index (Phi) is 4.23. The van der Waals surface area contributed by atoms with E-state index in [2.05, 4.69) is 15.5 Å². The van der Waals surface area contributed by atoms with Crippen molar-refractivity contribution < 1.29 is 4.39 Å². The van der Waals surface area contributed by atoms with Crippen molar-refractivity contribution in [2.75, 3.05) is 0 Å². The fourth-order valence-corrected chi connectivity index (χ4v) is 1.98. The van der Waals surface area contributed by atoms with Gasteiger partial charge >= 0.3 is 0 Å². The van der Waals surface area contributed by atoms with E-state index < -0.39 is 0 Å². The van der Waals surface area contributed by atoms with Gasteiger partial charge < -0.3 is 5.32 Å². The molecule has 0 aliphatic carbocycles. The highest BCUT2D eigenvalue weighted by atomic mass is 35.5. The van der Waals surface area contributed by atoms with E-state index in [1.165, 1.54) is 12.1 Å². The highest BCUT2D eigenvalue weighted by Crippen LogP contribution is 2.23. The number of benzene rings is 1. The molecule has 0 saturated heterocycles. The normalized spacial score (nSPS) is 12.4. The molecule has 1 unspecified atom stereocenters. The minimum atomic E-state index is -0.329. The highest BCUT2D eigenvalue weighted by molar-refractivity contribution is 6.31. The highest BCUT2D eigenvalue weighted by Gasteiger charge is 2.10. The number of hydrogen-bond donors (Lipinski definition) is 1. The van der Waals surface area contributed by atoms with E-state index >= 15 is 0 Å². The van der Waals surface area contributed by atoms with Gasteiger partial charge in [0.2, 0.25) is 0 Å². The van der Waals surface area contributed by atoms with Crippen LogP contribution in [-0.2, 0) is 6.54 Å². The summed E-state index contributed by atoms with van der Waals surface area (Å²) < 4.78 is 12.9. The number of nitrogens with zero attached hydrogens (tertiary/aromatic N) is 2. The van der Waals surface area contributed by atoms with Crippen LogP contribution in [0.25, 0.3) is 0 Å². The molecule has 94 valence electrons. The number of nitrogens with one attached hydrogen (secondary N) is 1. The summed E-state index contributed by atoms with van der Waals surface area (Å²) >= 11 is 6.00. The second-order valence-corrected chi connectivity index (χ2v) is 4.39. The molecule has 0 fully saturated rings. The monoisotopic (exact) mass is 265 g/mol. The Morgan fingerprint density at radius 3 is 2.89 bits per heavy atom. The summed E-state index contributed by atoms with van der Waals surface area (Å²) in [5.41, 5.74) is 1.71. The third kappa shape index (κ3) is 3.24.